The van der Waals surface area contributed by atoms with Gasteiger partial charge in [-0.2, -0.15) is 11.8 Å². The van der Waals surface area contributed by atoms with Gasteiger partial charge >= 0.3 is 5.97 Å². The molecule has 1 fully saturated rings. The number of amides is 1. The molecule has 1 unspecified atom stereocenters. The average Bonchev–Trinajstić information content (AvgIpc) is 3.05. The molecule has 1 amide bonds. The lowest BCUT2D eigenvalue weighted by Crippen LogP contribution is -2.47. The van der Waals surface area contributed by atoms with E-state index in [-0.39, 0.29) is 18.4 Å². The normalized spacial score (nSPS) is 17.5. The lowest BCUT2D eigenvalue weighted by atomic mass is 10.1. The number of benzene rings is 1. The van der Waals surface area contributed by atoms with E-state index in [1.54, 1.807) is 22.0 Å². The molecule has 3 rings (SSSR count). The minimum absolute atomic E-state index is 0.0148. The highest BCUT2D eigenvalue weighted by Gasteiger charge is 2.30. The number of aliphatic carboxylic acids is 1. The summed E-state index contributed by atoms with van der Waals surface area (Å²) in [6.07, 6.45) is 0.686. The second kappa shape index (κ2) is 8.01. The Morgan fingerprint density at radius 3 is 2.80 bits per heavy atom. The third-order valence-electron chi connectivity index (χ3n) is 4.15. The summed E-state index contributed by atoms with van der Waals surface area (Å²) >= 11 is 3.17. The molecule has 2 heterocycles. The number of nitrogens with zero attached hydrogens (tertiary/aromatic N) is 2. The molecule has 1 aliphatic heterocycles. The van der Waals surface area contributed by atoms with E-state index >= 15 is 0 Å². The first-order valence-electron chi connectivity index (χ1n) is 8.13. The van der Waals surface area contributed by atoms with E-state index in [0.29, 0.717) is 24.4 Å². The van der Waals surface area contributed by atoms with Crippen LogP contribution in [0.2, 0.25) is 0 Å². The van der Waals surface area contributed by atoms with Crippen LogP contribution in [0.1, 0.15) is 33.0 Å². The van der Waals surface area contributed by atoms with Gasteiger partial charge in [-0.25, -0.2) is 4.98 Å². The van der Waals surface area contributed by atoms with Crippen LogP contribution in [0.25, 0.3) is 0 Å². The van der Waals surface area contributed by atoms with Crippen LogP contribution in [0.4, 0.5) is 0 Å². The standard InChI is InChI=1S/C18H20N2O3S2/c1-12-2-4-13(5-3-12)8-16-19-15(11-25-16)18(23)20-6-7-24-10-14(20)9-17(21)22/h2-5,11,14H,6-10H2,1H3,(H,21,22). The van der Waals surface area contributed by atoms with Crippen LogP contribution in [-0.2, 0) is 11.2 Å². The molecule has 7 heteroatoms. The molecule has 1 aliphatic rings. The van der Waals surface area contributed by atoms with E-state index in [0.717, 1.165) is 16.3 Å². The Hall–Kier alpha value is -1.86. The molecule has 0 saturated carbocycles. The van der Waals surface area contributed by atoms with Crippen LogP contribution in [0.5, 0.6) is 0 Å². The molecule has 0 aliphatic carbocycles. The van der Waals surface area contributed by atoms with Gasteiger partial charge in [0.15, 0.2) is 0 Å². The largest absolute Gasteiger partial charge is 0.481 e. The van der Waals surface area contributed by atoms with Crippen molar-refractivity contribution in [2.24, 2.45) is 0 Å². The van der Waals surface area contributed by atoms with E-state index in [4.69, 9.17) is 5.11 Å². The summed E-state index contributed by atoms with van der Waals surface area (Å²) in [6, 6.07) is 8.02. The van der Waals surface area contributed by atoms with Gasteiger partial charge in [-0.1, -0.05) is 29.8 Å². The highest BCUT2D eigenvalue weighted by molar-refractivity contribution is 7.99. The molecule has 1 saturated heterocycles. The van der Waals surface area contributed by atoms with Gasteiger partial charge in [-0.3, -0.25) is 9.59 Å². The fourth-order valence-electron chi connectivity index (χ4n) is 2.81. The minimum atomic E-state index is -0.872. The number of carbonyl (C=O) groups excluding carboxylic acids is 1. The molecular weight excluding hydrogens is 356 g/mol. The maximum absolute atomic E-state index is 12.8. The molecule has 5 nitrogen and oxygen atoms in total. The number of aryl methyl sites for hydroxylation is 1. The molecule has 0 bridgehead atoms. The molecule has 2 aromatic rings. The third-order valence-corrected chi connectivity index (χ3v) is 6.09. The van der Waals surface area contributed by atoms with Gasteiger partial charge in [0, 0.05) is 29.9 Å². The Morgan fingerprint density at radius 2 is 2.08 bits per heavy atom. The average molecular weight is 377 g/mol. The Balaban J connectivity index is 1.70. The summed E-state index contributed by atoms with van der Waals surface area (Å²) in [7, 11) is 0. The summed E-state index contributed by atoms with van der Waals surface area (Å²) in [5.74, 6) is 0.474. The first-order chi connectivity index (χ1) is 12.0. The number of hydrogen-bond donors (Lipinski definition) is 1. The molecule has 0 radical (unpaired) electrons. The topological polar surface area (TPSA) is 70.5 Å². The first kappa shape index (κ1) is 17.9. The minimum Gasteiger partial charge on any atom is -0.481 e. The number of thiazole rings is 1. The lowest BCUT2D eigenvalue weighted by molar-refractivity contribution is -0.138. The summed E-state index contributed by atoms with van der Waals surface area (Å²) in [5.41, 5.74) is 2.80. The fourth-order valence-corrected chi connectivity index (χ4v) is 4.68. The Morgan fingerprint density at radius 1 is 1.32 bits per heavy atom. The quantitative estimate of drug-likeness (QED) is 0.868. The maximum Gasteiger partial charge on any atom is 0.305 e. The van der Waals surface area contributed by atoms with Crippen molar-refractivity contribution in [1.29, 1.82) is 0 Å². The Labute approximate surface area is 155 Å². The molecule has 132 valence electrons. The zero-order valence-corrected chi connectivity index (χ0v) is 15.6. The smallest absolute Gasteiger partial charge is 0.305 e. The van der Waals surface area contributed by atoms with Crippen LogP contribution >= 0.6 is 23.1 Å². The van der Waals surface area contributed by atoms with Crippen molar-refractivity contribution >= 4 is 35.0 Å². The Kier molecular flexibility index (Phi) is 5.75. The monoisotopic (exact) mass is 376 g/mol. The van der Waals surface area contributed by atoms with Crippen molar-refractivity contribution in [3.63, 3.8) is 0 Å². The molecule has 1 aromatic carbocycles. The zero-order chi connectivity index (χ0) is 17.8. The van der Waals surface area contributed by atoms with Crippen molar-refractivity contribution in [3.8, 4) is 0 Å². The molecule has 1 N–H and O–H groups in total. The van der Waals surface area contributed by atoms with Gasteiger partial charge in [0.2, 0.25) is 0 Å². The number of carbonyl (C=O) groups is 2. The highest BCUT2D eigenvalue weighted by Crippen LogP contribution is 2.23. The predicted octanol–water partition coefficient (Wildman–Crippen LogP) is 3.07. The molecular formula is C18H20N2O3S2. The van der Waals surface area contributed by atoms with Crippen molar-refractivity contribution in [2.75, 3.05) is 18.1 Å². The third kappa shape index (κ3) is 4.61. The lowest BCUT2D eigenvalue weighted by Gasteiger charge is -2.34. The van der Waals surface area contributed by atoms with Crippen LogP contribution in [0, 0.1) is 6.92 Å². The van der Waals surface area contributed by atoms with Gasteiger partial charge < -0.3 is 10.0 Å². The Bertz CT molecular complexity index is 758. The fraction of sp³-hybridized carbons (Fsp3) is 0.389. The van der Waals surface area contributed by atoms with E-state index in [2.05, 4.69) is 29.2 Å². The number of rotatable bonds is 5. The van der Waals surface area contributed by atoms with Crippen LogP contribution < -0.4 is 0 Å². The van der Waals surface area contributed by atoms with Gasteiger partial charge in [0.1, 0.15) is 5.69 Å². The van der Waals surface area contributed by atoms with Crippen LogP contribution in [0.3, 0.4) is 0 Å². The van der Waals surface area contributed by atoms with Crippen LogP contribution in [0.15, 0.2) is 29.6 Å². The summed E-state index contributed by atoms with van der Waals surface area (Å²) in [4.78, 5) is 30.0. The van der Waals surface area contributed by atoms with E-state index < -0.39 is 5.97 Å². The molecule has 1 atom stereocenters. The number of aromatic nitrogens is 1. The second-order valence-electron chi connectivity index (χ2n) is 6.11. The highest BCUT2D eigenvalue weighted by atomic mass is 32.2. The molecule has 1 aromatic heterocycles. The van der Waals surface area contributed by atoms with Gasteiger partial charge in [0.05, 0.1) is 17.5 Å². The SMILES string of the molecule is Cc1ccc(Cc2nc(C(=O)N3CCSCC3CC(=O)O)cs2)cc1. The maximum atomic E-state index is 12.8. The number of carboxylic acids is 1. The summed E-state index contributed by atoms with van der Waals surface area (Å²) < 4.78 is 0. The van der Waals surface area contributed by atoms with Crippen molar-refractivity contribution in [2.45, 2.75) is 25.8 Å². The van der Waals surface area contributed by atoms with E-state index in [1.165, 1.54) is 16.9 Å². The zero-order valence-electron chi connectivity index (χ0n) is 14.0. The van der Waals surface area contributed by atoms with Gasteiger partial charge in [-0.05, 0) is 12.5 Å². The van der Waals surface area contributed by atoms with Crippen molar-refractivity contribution in [1.82, 2.24) is 9.88 Å². The van der Waals surface area contributed by atoms with E-state index in [9.17, 15) is 9.59 Å². The molecule has 25 heavy (non-hydrogen) atoms. The van der Waals surface area contributed by atoms with Gasteiger partial charge in [-0.15, -0.1) is 11.3 Å². The number of thioether (sulfide) groups is 1. The summed E-state index contributed by atoms with van der Waals surface area (Å²) in [6.45, 7) is 2.63. The number of carboxylic acid groups (broad SMARTS) is 1. The predicted molar refractivity (Wildman–Crippen MR) is 101 cm³/mol. The first-order valence-corrected chi connectivity index (χ1v) is 10.2. The molecule has 0 spiro atoms. The van der Waals surface area contributed by atoms with Crippen molar-refractivity contribution in [3.05, 3.63) is 51.5 Å². The van der Waals surface area contributed by atoms with Crippen molar-refractivity contribution < 1.29 is 14.7 Å². The second-order valence-corrected chi connectivity index (χ2v) is 8.21. The number of hydrogen-bond acceptors (Lipinski definition) is 5. The van der Waals surface area contributed by atoms with E-state index in [1.807, 2.05) is 6.92 Å². The van der Waals surface area contributed by atoms with Crippen LogP contribution in [-0.4, -0.2) is 51.0 Å². The van der Waals surface area contributed by atoms with Gasteiger partial charge in [0.25, 0.3) is 5.91 Å². The summed E-state index contributed by atoms with van der Waals surface area (Å²) in [5, 5.41) is 11.7.